The van der Waals surface area contributed by atoms with E-state index in [4.69, 9.17) is 10.5 Å². The van der Waals surface area contributed by atoms with Crippen LogP contribution in [0.5, 0.6) is 0 Å². The normalized spacial score (nSPS) is 10.9. The number of hydrogen-bond acceptors (Lipinski definition) is 3. The van der Waals surface area contributed by atoms with Crippen LogP contribution in [0.2, 0.25) is 0 Å². The van der Waals surface area contributed by atoms with Crippen molar-refractivity contribution < 1.29 is 4.74 Å². The van der Waals surface area contributed by atoms with E-state index in [2.05, 4.69) is 47.7 Å². The average molecular weight is 307 g/mol. The minimum atomic E-state index is 0.555. The molecular weight excluding hydrogens is 286 g/mol. The van der Waals surface area contributed by atoms with Gasteiger partial charge in [0.15, 0.2) is 0 Å². The molecular formula is C19H21N3O. The van der Waals surface area contributed by atoms with Crippen LogP contribution in [0.25, 0.3) is 22.3 Å². The summed E-state index contributed by atoms with van der Waals surface area (Å²) in [6.07, 6.45) is 3.94. The molecule has 118 valence electrons. The summed E-state index contributed by atoms with van der Waals surface area (Å²) in [5, 5.41) is 4.38. The summed E-state index contributed by atoms with van der Waals surface area (Å²) < 4.78 is 6.99. The van der Waals surface area contributed by atoms with Gasteiger partial charge in [-0.2, -0.15) is 5.10 Å². The molecule has 0 fully saturated rings. The van der Waals surface area contributed by atoms with Gasteiger partial charge in [-0.3, -0.25) is 4.68 Å². The first-order chi connectivity index (χ1) is 11.3. The summed E-state index contributed by atoms with van der Waals surface area (Å²) >= 11 is 0. The van der Waals surface area contributed by atoms with E-state index in [1.54, 1.807) is 7.11 Å². The third-order valence-electron chi connectivity index (χ3n) is 3.85. The molecule has 0 spiro atoms. The highest BCUT2D eigenvalue weighted by Gasteiger charge is 2.05. The summed E-state index contributed by atoms with van der Waals surface area (Å²) in [5.41, 5.74) is 11.5. The molecule has 0 unspecified atom stereocenters. The third kappa shape index (κ3) is 3.67. The molecule has 0 saturated carbocycles. The van der Waals surface area contributed by atoms with Crippen molar-refractivity contribution in [1.29, 1.82) is 0 Å². The minimum Gasteiger partial charge on any atom is -0.383 e. The van der Waals surface area contributed by atoms with Crippen LogP contribution < -0.4 is 5.73 Å². The maximum atomic E-state index is 5.74. The van der Waals surface area contributed by atoms with Crippen molar-refractivity contribution in [3.8, 4) is 22.3 Å². The second-order valence-electron chi connectivity index (χ2n) is 5.47. The van der Waals surface area contributed by atoms with Gasteiger partial charge in [0.2, 0.25) is 0 Å². The van der Waals surface area contributed by atoms with Gasteiger partial charge in [0.05, 0.1) is 19.3 Å². The number of benzene rings is 2. The predicted molar refractivity (Wildman–Crippen MR) is 92.9 cm³/mol. The maximum Gasteiger partial charge on any atom is 0.0658 e. The Labute approximate surface area is 136 Å². The maximum absolute atomic E-state index is 5.74. The second kappa shape index (κ2) is 7.22. The molecule has 0 amide bonds. The summed E-state index contributed by atoms with van der Waals surface area (Å²) in [4.78, 5) is 0. The number of nitrogens with two attached hydrogens (primary N) is 1. The molecule has 23 heavy (non-hydrogen) atoms. The van der Waals surface area contributed by atoms with Gasteiger partial charge in [-0.15, -0.1) is 0 Å². The zero-order valence-corrected chi connectivity index (χ0v) is 13.3. The Balaban J connectivity index is 1.88. The summed E-state index contributed by atoms with van der Waals surface area (Å²) in [6, 6.07) is 16.8. The monoisotopic (exact) mass is 307 g/mol. The van der Waals surface area contributed by atoms with Gasteiger partial charge in [0.25, 0.3) is 0 Å². The standard InChI is InChI=1S/C19H21N3O/c1-23-9-8-22-14-19(13-21-22)18-7-3-6-17(11-18)16-5-2-4-15(10-16)12-20/h2-7,10-11,13-14H,8-9,12,20H2,1H3. The molecule has 0 aliphatic carbocycles. The SMILES string of the molecule is COCCn1cc(-c2cccc(-c3cccc(CN)c3)c2)cn1. The van der Waals surface area contributed by atoms with Crippen LogP contribution in [0.4, 0.5) is 0 Å². The number of rotatable bonds is 6. The smallest absolute Gasteiger partial charge is 0.0658 e. The van der Waals surface area contributed by atoms with Gasteiger partial charge in [-0.25, -0.2) is 0 Å². The molecule has 0 radical (unpaired) electrons. The first-order valence-electron chi connectivity index (χ1n) is 7.71. The molecule has 2 aromatic carbocycles. The van der Waals surface area contributed by atoms with Crippen molar-refractivity contribution in [3.05, 3.63) is 66.5 Å². The van der Waals surface area contributed by atoms with Gasteiger partial charge < -0.3 is 10.5 Å². The Kier molecular flexibility index (Phi) is 4.86. The highest BCUT2D eigenvalue weighted by molar-refractivity contribution is 5.72. The number of hydrogen-bond donors (Lipinski definition) is 1. The van der Waals surface area contributed by atoms with Gasteiger partial charge in [0, 0.05) is 25.4 Å². The van der Waals surface area contributed by atoms with E-state index < -0.39 is 0 Å². The molecule has 3 rings (SSSR count). The van der Waals surface area contributed by atoms with E-state index >= 15 is 0 Å². The number of nitrogens with zero attached hydrogens (tertiary/aromatic N) is 2. The lowest BCUT2D eigenvalue weighted by molar-refractivity contribution is 0.183. The topological polar surface area (TPSA) is 53.1 Å². The quantitative estimate of drug-likeness (QED) is 0.760. The summed E-state index contributed by atoms with van der Waals surface area (Å²) in [7, 11) is 1.70. The van der Waals surface area contributed by atoms with Crippen LogP contribution in [-0.2, 0) is 17.8 Å². The first kappa shape index (κ1) is 15.5. The van der Waals surface area contributed by atoms with Crippen LogP contribution in [0.3, 0.4) is 0 Å². The van der Waals surface area contributed by atoms with Crippen LogP contribution in [0.15, 0.2) is 60.9 Å². The second-order valence-corrected chi connectivity index (χ2v) is 5.47. The van der Waals surface area contributed by atoms with Crippen molar-refractivity contribution in [2.75, 3.05) is 13.7 Å². The summed E-state index contributed by atoms with van der Waals surface area (Å²) in [5.74, 6) is 0. The highest BCUT2D eigenvalue weighted by atomic mass is 16.5. The molecule has 1 aromatic heterocycles. The lowest BCUT2D eigenvalue weighted by Gasteiger charge is -2.06. The van der Waals surface area contributed by atoms with Crippen LogP contribution in [0.1, 0.15) is 5.56 Å². The molecule has 1 heterocycles. The fourth-order valence-corrected chi connectivity index (χ4v) is 2.58. The van der Waals surface area contributed by atoms with Crippen molar-refractivity contribution in [2.24, 2.45) is 5.73 Å². The van der Waals surface area contributed by atoms with Crippen molar-refractivity contribution in [2.45, 2.75) is 13.1 Å². The van der Waals surface area contributed by atoms with E-state index in [1.165, 1.54) is 11.1 Å². The zero-order chi connectivity index (χ0) is 16.1. The number of methoxy groups -OCH3 is 1. The average Bonchev–Trinajstić information content (AvgIpc) is 3.09. The van der Waals surface area contributed by atoms with Gasteiger partial charge in [0.1, 0.15) is 0 Å². The van der Waals surface area contributed by atoms with E-state index in [-0.39, 0.29) is 0 Å². The van der Waals surface area contributed by atoms with Gasteiger partial charge in [-0.1, -0.05) is 36.4 Å². The van der Waals surface area contributed by atoms with Crippen molar-refractivity contribution in [1.82, 2.24) is 9.78 Å². The Hall–Kier alpha value is -2.43. The molecule has 2 N–H and O–H groups in total. The largest absolute Gasteiger partial charge is 0.383 e. The lowest BCUT2D eigenvalue weighted by atomic mass is 9.99. The van der Waals surface area contributed by atoms with E-state index in [0.717, 1.165) is 23.2 Å². The fraction of sp³-hybridized carbons (Fsp3) is 0.211. The molecule has 0 bridgehead atoms. The highest BCUT2D eigenvalue weighted by Crippen LogP contribution is 2.26. The molecule has 3 aromatic rings. The van der Waals surface area contributed by atoms with E-state index in [9.17, 15) is 0 Å². The number of ether oxygens (including phenoxy) is 1. The molecule has 0 aliphatic heterocycles. The third-order valence-corrected chi connectivity index (χ3v) is 3.85. The Bertz CT molecular complexity index is 780. The summed E-state index contributed by atoms with van der Waals surface area (Å²) in [6.45, 7) is 1.97. The van der Waals surface area contributed by atoms with Crippen molar-refractivity contribution >= 4 is 0 Å². The van der Waals surface area contributed by atoms with Gasteiger partial charge >= 0.3 is 0 Å². The predicted octanol–water partition coefficient (Wildman–Crippen LogP) is 3.32. The lowest BCUT2D eigenvalue weighted by Crippen LogP contribution is -2.03. The van der Waals surface area contributed by atoms with Crippen molar-refractivity contribution in [3.63, 3.8) is 0 Å². The van der Waals surface area contributed by atoms with Gasteiger partial charge in [-0.05, 0) is 34.4 Å². The Morgan fingerprint density at radius 1 is 1.00 bits per heavy atom. The minimum absolute atomic E-state index is 0.555. The Morgan fingerprint density at radius 2 is 1.70 bits per heavy atom. The first-order valence-corrected chi connectivity index (χ1v) is 7.71. The van der Waals surface area contributed by atoms with Crippen LogP contribution in [0, 0.1) is 0 Å². The molecule has 0 atom stereocenters. The van der Waals surface area contributed by atoms with Crippen LogP contribution >= 0.6 is 0 Å². The molecule has 4 nitrogen and oxygen atoms in total. The fourth-order valence-electron chi connectivity index (χ4n) is 2.58. The van der Waals surface area contributed by atoms with Crippen LogP contribution in [-0.4, -0.2) is 23.5 Å². The molecule has 4 heteroatoms. The zero-order valence-electron chi connectivity index (χ0n) is 13.3. The number of aromatic nitrogens is 2. The Morgan fingerprint density at radius 3 is 2.43 bits per heavy atom. The molecule has 0 saturated heterocycles. The molecule has 0 aliphatic rings. The van der Waals surface area contributed by atoms with E-state index in [1.807, 2.05) is 23.0 Å². The van der Waals surface area contributed by atoms with E-state index in [0.29, 0.717) is 13.2 Å².